The van der Waals surface area contributed by atoms with Crippen LogP contribution in [0, 0.1) is 6.92 Å². The monoisotopic (exact) mass is 238 g/mol. The number of hydrogen-bond donors (Lipinski definition) is 0. The van der Waals surface area contributed by atoms with Gasteiger partial charge in [0.15, 0.2) is 5.76 Å². The van der Waals surface area contributed by atoms with Gasteiger partial charge >= 0.3 is 0 Å². The average molecular weight is 238 g/mol. The second kappa shape index (κ2) is 4.76. The van der Waals surface area contributed by atoms with E-state index < -0.39 is 0 Å². The molecule has 0 fully saturated rings. The molecule has 2 aromatic heterocycles. The lowest BCUT2D eigenvalue weighted by Crippen LogP contribution is -1.98. The van der Waals surface area contributed by atoms with E-state index in [0.29, 0.717) is 12.4 Å². The maximum absolute atomic E-state index is 5.48. The van der Waals surface area contributed by atoms with Gasteiger partial charge in [0.1, 0.15) is 16.8 Å². The number of aromatic nitrogens is 2. The minimum Gasteiger partial charge on any atom is -0.372 e. The van der Waals surface area contributed by atoms with Crippen LogP contribution in [0.5, 0.6) is 0 Å². The van der Waals surface area contributed by atoms with E-state index in [1.54, 1.807) is 11.3 Å². The number of hydrogen-bond acceptors (Lipinski definition) is 5. The molecule has 1 unspecified atom stereocenters. The van der Waals surface area contributed by atoms with Crippen LogP contribution in [0.25, 0.3) is 11.5 Å². The van der Waals surface area contributed by atoms with Gasteiger partial charge in [0.2, 0.25) is 0 Å². The van der Waals surface area contributed by atoms with Gasteiger partial charge in [0.25, 0.3) is 0 Å². The molecule has 0 aliphatic rings. The smallest absolute Gasteiger partial charge is 0.186 e. The van der Waals surface area contributed by atoms with E-state index >= 15 is 0 Å². The Balaban J connectivity index is 2.19. The quantitative estimate of drug-likeness (QED) is 0.820. The van der Waals surface area contributed by atoms with Crippen LogP contribution in [-0.2, 0) is 4.74 Å². The molecule has 0 aromatic carbocycles. The molecule has 5 heteroatoms. The molecule has 86 valence electrons. The topological polar surface area (TPSA) is 48.2 Å². The Morgan fingerprint density at radius 2 is 2.38 bits per heavy atom. The van der Waals surface area contributed by atoms with Crippen molar-refractivity contribution in [2.24, 2.45) is 0 Å². The molecule has 0 radical (unpaired) electrons. The fourth-order valence-corrected chi connectivity index (χ4v) is 2.21. The standard InChI is InChI=1S/C11H14N2O2S/c1-4-14-8(3)11-12-9(6-16-11)10-5-7(2)13-15-10/h5-6,8H,4H2,1-3H3. The van der Waals surface area contributed by atoms with Gasteiger partial charge < -0.3 is 9.26 Å². The predicted octanol–water partition coefficient (Wildman–Crippen LogP) is 3.20. The molecular formula is C11H14N2O2S. The van der Waals surface area contributed by atoms with E-state index in [1.807, 2.05) is 32.2 Å². The molecule has 4 nitrogen and oxygen atoms in total. The first-order valence-corrected chi connectivity index (χ1v) is 6.09. The third-order valence-corrected chi connectivity index (χ3v) is 3.17. The van der Waals surface area contributed by atoms with E-state index in [2.05, 4.69) is 10.1 Å². The molecule has 2 heterocycles. The van der Waals surface area contributed by atoms with Crippen molar-refractivity contribution in [1.82, 2.24) is 10.1 Å². The fourth-order valence-electron chi connectivity index (χ4n) is 1.39. The molecular weight excluding hydrogens is 224 g/mol. The molecule has 1 atom stereocenters. The van der Waals surface area contributed by atoms with Crippen LogP contribution in [0.2, 0.25) is 0 Å². The maximum Gasteiger partial charge on any atom is 0.186 e. The summed E-state index contributed by atoms with van der Waals surface area (Å²) in [7, 11) is 0. The molecule has 16 heavy (non-hydrogen) atoms. The number of ether oxygens (including phenoxy) is 1. The number of rotatable bonds is 4. The Bertz CT molecular complexity index is 464. The molecule has 2 aromatic rings. The Labute approximate surface area is 98.3 Å². The summed E-state index contributed by atoms with van der Waals surface area (Å²) in [4.78, 5) is 4.47. The lowest BCUT2D eigenvalue weighted by atomic mass is 10.3. The van der Waals surface area contributed by atoms with E-state index in [1.165, 1.54) is 0 Å². The van der Waals surface area contributed by atoms with Crippen molar-refractivity contribution in [1.29, 1.82) is 0 Å². The third-order valence-electron chi connectivity index (χ3n) is 2.17. The summed E-state index contributed by atoms with van der Waals surface area (Å²) in [5.41, 5.74) is 1.69. The Morgan fingerprint density at radius 3 is 3.00 bits per heavy atom. The molecule has 0 amide bonds. The van der Waals surface area contributed by atoms with Gasteiger partial charge in [0.05, 0.1) is 5.69 Å². The van der Waals surface area contributed by atoms with Crippen LogP contribution in [0.15, 0.2) is 16.0 Å². The van der Waals surface area contributed by atoms with Gasteiger partial charge in [-0.25, -0.2) is 4.98 Å². The van der Waals surface area contributed by atoms with E-state index in [4.69, 9.17) is 9.26 Å². The molecule has 0 saturated carbocycles. The van der Waals surface area contributed by atoms with Crippen molar-refractivity contribution in [2.45, 2.75) is 26.9 Å². The second-order valence-electron chi connectivity index (χ2n) is 3.50. The Kier molecular flexibility index (Phi) is 3.36. The van der Waals surface area contributed by atoms with E-state index in [-0.39, 0.29) is 6.10 Å². The van der Waals surface area contributed by atoms with Crippen LogP contribution in [0.3, 0.4) is 0 Å². The van der Waals surface area contributed by atoms with Crippen molar-refractivity contribution < 1.29 is 9.26 Å². The van der Waals surface area contributed by atoms with Crippen LogP contribution >= 0.6 is 11.3 Å². The Morgan fingerprint density at radius 1 is 1.56 bits per heavy atom. The van der Waals surface area contributed by atoms with Crippen LogP contribution in [-0.4, -0.2) is 16.7 Å². The number of aryl methyl sites for hydroxylation is 1. The second-order valence-corrected chi connectivity index (χ2v) is 4.39. The minimum atomic E-state index is 0.0350. The van der Waals surface area contributed by atoms with E-state index in [0.717, 1.165) is 16.4 Å². The zero-order chi connectivity index (χ0) is 11.5. The number of nitrogens with zero attached hydrogens (tertiary/aromatic N) is 2. The Hall–Kier alpha value is -1.20. The van der Waals surface area contributed by atoms with Gasteiger partial charge in [-0.1, -0.05) is 5.16 Å². The largest absolute Gasteiger partial charge is 0.372 e. The zero-order valence-electron chi connectivity index (χ0n) is 9.56. The summed E-state index contributed by atoms with van der Waals surface area (Å²) < 4.78 is 10.6. The first kappa shape index (κ1) is 11.3. The van der Waals surface area contributed by atoms with Crippen LogP contribution < -0.4 is 0 Å². The average Bonchev–Trinajstić information content (AvgIpc) is 2.85. The first-order chi connectivity index (χ1) is 7.70. The normalized spacial score (nSPS) is 12.9. The molecule has 2 rings (SSSR count). The van der Waals surface area contributed by atoms with Crippen molar-refractivity contribution in [3.05, 3.63) is 22.1 Å². The summed E-state index contributed by atoms with van der Waals surface area (Å²) in [5.74, 6) is 0.712. The van der Waals surface area contributed by atoms with Crippen molar-refractivity contribution in [2.75, 3.05) is 6.61 Å². The number of thiazole rings is 1. The van der Waals surface area contributed by atoms with Gasteiger partial charge in [0, 0.05) is 18.1 Å². The van der Waals surface area contributed by atoms with Crippen molar-refractivity contribution in [3.63, 3.8) is 0 Å². The minimum absolute atomic E-state index is 0.0350. The summed E-state index contributed by atoms with van der Waals surface area (Å²) in [6, 6.07) is 1.88. The van der Waals surface area contributed by atoms with Gasteiger partial charge in [-0.05, 0) is 20.8 Å². The van der Waals surface area contributed by atoms with E-state index in [9.17, 15) is 0 Å². The molecule has 0 bridgehead atoms. The zero-order valence-corrected chi connectivity index (χ0v) is 10.4. The summed E-state index contributed by atoms with van der Waals surface area (Å²) in [6.07, 6.45) is 0.0350. The van der Waals surface area contributed by atoms with Gasteiger partial charge in [-0.3, -0.25) is 0 Å². The van der Waals surface area contributed by atoms with Gasteiger partial charge in [-0.2, -0.15) is 0 Å². The van der Waals surface area contributed by atoms with Crippen LogP contribution in [0.1, 0.15) is 30.7 Å². The summed E-state index contributed by atoms with van der Waals surface area (Å²) in [6.45, 7) is 6.56. The van der Waals surface area contributed by atoms with Crippen LogP contribution in [0.4, 0.5) is 0 Å². The molecule has 0 aliphatic carbocycles. The summed E-state index contributed by atoms with van der Waals surface area (Å²) >= 11 is 1.58. The molecule has 0 spiro atoms. The highest BCUT2D eigenvalue weighted by Crippen LogP contribution is 2.27. The highest BCUT2D eigenvalue weighted by Gasteiger charge is 2.13. The van der Waals surface area contributed by atoms with Crippen molar-refractivity contribution >= 4 is 11.3 Å². The lowest BCUT2D eigenvalue weighted by molar-refractivity contribution is 0.0762. The maximum atomic E-state index is 5.48. The molecule has 0 N–H and O–H groups in total. The first-order valence-electron chi connectivity index (χ1n) is 5.21. The SMILES string of the molecule is CCOC(C)c1nc(-c2cc(C)no2)cs1. The molecule has 0 saturated heterocycles. The highest BCUT2D eigenvalue weighted by atomic mass is 32.1. The predicted molar refractivity (Wildman–Crippen MR) is 62.4 cm³/mol. The fraction of sp³-hybridized carbons (Fsp3) is 0.455. The summed E-state index contributed by atoms with van der Waals surface area (Å²) in [5, 5.41) is 6.77. The van der Waals surface area contributed by atoms with Crippen molar-refractivity contribution in [3.8, 4) is 11.5 Å². The van der Waals surface area contributed by atoms with Gasteiger partial charge in [-0.15, -0.1) is 11.3 Å². The highest BCUT2D eigenvalue weighted by molar-refractivity contribution is 7.10. The third kappa shape index (κ3) is 2.31. The molecule has 0 aliphatic heterocycles. The lowest BCUT2D eigenvalue weighted by Gasteiger charge is -2.06.